The molecule has 1 aromatic heterocycles. The molecule has 0 bridgehead atoms. The van der Waals surface area contributed by atoms with E-state index in [2.05, 4.69) is 11.9 Å². The lowest BCUT2D eigenvalue weighted by Gasteiger charge is -2.05. The van der Waals surface area contributed by atoms with Crippen LogP contribution in [-0.4, -0.2) is 4.98 Å². The van der Waals surface area contributed by atoms with Gasteiger partial charge in [-0.15, -0.1) is 11.3 Å². The molecule has 0 amide bonds. The van der Waals surface area contributed by atoms with E-state index in [1.165, 1.54) is 6.07 Å². The van der Waals surface area contributed by atoms with Crippen LogP contribution < -0.4 is 4.74 Å². The van der Waals surface area contributed by atoms with Crippen LogP contribution in [0.25, 0.3) is 0 Å². The van der Waals surface area contributed by atoms with Gasteiger partial charge >= 0.3 is 0 Å². The predicted octanol–water partition coefficient (Wildman–Crippen LogP) is 3.73. The van der Waals surface area contributed by atoms with Gasteiger partial charge in [0.15, 0.2) is 0 Å². The number of nitrogens with zero attached hydrogens (tertiary/aromatic N) is 1. The van der Waals surface area contributed by atoms with Gasteiger partial charge in [0.1, 0.15) is 18.2 Å². The molecule has 17 heavy (non-hydrogen) atoms. The van der Waals surface area contributed by atoms with Crippen LogP contribution in [0.1, 0.15) is 23.2 Å². The van der Waals surface area contributed by atoms with Gasteiger partial charge in [0.25, 0.3) is 0 Å². The molecular formula is C13H14FNOS. The minimum atomic E-state index is -0.209. The Morgan fingerprint density at radius 3 is 2.88 bits per heavy atom. The Bertz CT molecular complexity index is 510. The molecule has 2 nitrogen and oxygen atoms in total. The van der Waals surface area contributed by atoms with Crippen LogP contribution in [0.5, 0.6) is 5.75 Å². The first-order chi connectivity index (χ1) is 8.19. The van der Waals surface area contributed by atoms with Gasteiger partial charge in [0, 0.05) is 5.38 Å². The molecule has 4 heteroatoms. The van der Waals surface area contributed by atoms with Crippen LogP contribution in [-0.2, 0) is 13.0 Å². The average molecular weight is 251 g/mol. The van der Waals surface area contributed by atoms with Crippen molar-refractivity contribution in [3.8, 4) is 5.75 Å². The standard InChI is InChI=1S/C13H14FNOS/c1-3-13-15-10(8-17-13)7-16-11-4-5-12(14)9(2)6-11/h4-6,8H,3,7H2,1-2H3. The second-order valence-electron chi connectivity index (χ2n) is 3.79. The van der Waals surface area contributed by atoms with Gasteiger partial charge < -0.3 is 4.74 Å². The van der Waals surface area contributed by atoms with Crippen molar-refractivity contribution in [2.45, 2.75) is 26.9 Å². The van der Waals surface area contributed by atoms with E-state index in [0.717, 1.165) is 17.1 Å². The Kier molecular flexibility index (Phi) is 3.74. The van der Waals surface area contributed by atoms with Crippen molar-refractivity contribution in [2.24, 2.45) is 0 Å². The summed E-state index contributed by atoms with van der Waals surface area (Å²) in [6.07, 6.45) is 0.945. The van der Waals surface area contributed by atoms with Gasteiger partial charge in [-0.25, -0.2) is 9.37 Å². The maximum absolute atomic E-state index is 13.0. The molecule has 0 aliphatic rings. The number of halogens is 1. The van der Waals surface area contributed by atoms with Gasteiger partial charge in [0.2, 0.25) is 0 Å². The Morgan fingerprint density at radius 1 is 1.41 bits per heavy atom. The summed E-state index contributed by atoms with van der Waals surface area (Å²) in [6, 6.07) is 4.75. The fourth-order valence-electron chi connectivity index (χ4n) is 1.44. The Balaban J connectivity index is 1.99. The smallest absolute Gasteiger partial charge is 0.131 e. The molecule has 0 atom stereocenters. The van der Waals surface area contributed by atoms with E-state index in [9.17, 15) is 4.39 Å². The fraction of sp³-hybridized carbons (Fsp3) is 0.308. The topological polar surface area (TPSA) is 22.1 Å². The summed E-state index contributed by atoms with van der Waals surface area (Å²) >= 11 is 1.64. The van der Waals surface area contributed by atoms with Crippen LogP contribution in [0, 0.1) is 12.7 Å². The van der Waals surface area contributed by atoms with Gasteiger partial charge in [-0.3, -0.25) is 0 Å². The number of hydrogen-bond acceptors (Lipinski definition) is 3. The highest BCUT2D eigenvalue weighted by Gasteiger charge is 2.03. The Hall–Kier alpha value is -1.42. The van der Waals surface area contributed by atoms with Crippen LogP contribution in [0.15, 0.2) is 23.6 Å². The molecule has 0 saturated heterocycles. The van der Waals surface area contributed by atoms with E-state index in [4.69, 9.17) is 4.74 Å². The van der Waals surface area contributed by atoms with E-state index < -0.39 is 0 Å². The van der Waals surface area contributed by atoms with Crippen molar-refractivity contribution in [3.63, 3.8) is 0 Å². The van der Waals surface area contributed by atoms with Crippen LogP contribution >= 0.6 is 11.3 Å². The minimum absolute atomic E-state index is 0.209. The molecular weight excluding hydrogens is 237 g/mol. The second-order valence-corrected chi connectivity index (χ2v) is 4.73. The first kappa shape index (κ1) is 12.0. The third-order valence-electron chi connectivity index (χ3n) is 2.42. The van der Waals surface area contributed by atoms with E-state index in [-0.39, 0.29) is 5.82 Å². The molecule has 0 fully saturated rings. The van der Waals surface area contributed by atoms with Crippen molar-refractivity contribution < 1.29 is 9.13 Å². The highest BCUT2D eigenvalue weighted by atomic mass is 32.1. The molecule has 0 saturated carbocycles. The molecule has 90 valence electrons. The molecule has 2 aromatic rings. The van der Waals surface area contributed by atoms with E-state index in [1.807, 2.05) is 5.38 Å². The monoisotopic (exact) mass is 251 g/mol. The first-order valence-corrected chi connectivity index (χ1v) is 6.39. The largest absolute Gasteiger partial charge is 0.487 e. The van der Waals surface area contributed by atoms with Gasteiger partial charge in [-0.05, 0) is 37.1 Å². The summed E-state index contributed by atoms with van der Waals surface area (Å²) in [4.78, 5) is 4.40. The molecule has 0 aliphatic carbocycles. The summed E-state index contributed by atoms with van der Waals surface area (Å²) in [7, 11) is 0. The van der Waals surface area contributed by atoms with E-state index in [0.29, 0.717) is 17.9 Å². The number of aromatic nitrogens is 1. The molecule has 2 rings (SSSR count). The SMILES string of the molecule is CCc1nc(COc2ccc(F)c(C)c2)cs1. The lowest BCUT2D eigenvalue weighted by molar-refractivity contribution is 0.301. The summed E-state index contributed by atoms with van der Waals surface area (Å²) in [5, 5.41) is 3.11. The van der Waals surface area contributed by atoms with Crippen LogP contribution in [0.3, 0.4) is 0 Å². The van der Waals surface area contributed by atoms with Crippen molar-refractivity contribution in [3.05, 3.63) is 45.7 Å². The average Bonchev–Trinajstić information content (AvgIpc) is 2.79. The number of ether oxygens (including phenoxy) is 1. The zero-order valence-corrected chi connectivity index (χ0v) is 10.7. The van der Waals surface area contributed by atoms with Gasteiger partial charge in [-0.2, -0.15) is 0 Å². The zero-order valence-electron chi connectivity index (χ0n) is 9.87. The maximum atomic E-state index is 13.0. The fourth-order valence-corrected chi connectivity index (χ4v) is 2.17. The molecule has 1 heterocycles. The maximum Gasteiger partial charge on any atom is 0.131 e. The second kappa shape index (κ2) is 5.27. The van der Waals surface area contributed by atoms with Crippen molar-refractivity contribution in [1.29, 1.82) is 0 Å². The number of aryl methyl sites for hydroxylation is 2. The summed E-state index contributed by atoms with van der Waals surface area (Å²) in [5.74, 6) is 0.467. The molecule has 0 radical (unpaired) electrons. The molecule has 0 N–H and O–H groups in total. The highest BCUT2D eigenvalue weighted by molar-refractivity contribution is 7.09. The molecule has 0 aliphatic heterocycles. The lowest BCUT2D eigenvalue weighted by atomic mass is 10.2. The number of rotatable bonds is 4. The van der Waals surface area contributed by atoms with Crippen molar-refractivity contribution >= 4 is 11.3 Å². The predicted molar refractivity (Wildman–Crippen MR) is 67.0 cm³/mol. The quantitative estimate of drug-likeness (QED) is 0.826. The molecule has 1 aromatic carbocycles. The summed E-state index contributed by atoms with van der Waals surface area (Å²) in [5.41, 5.74) is 1.52. The van der Waals surface area contributed by atoms with Crippen LogP contribution in [0.2, 0.25) is 0 Å². The van der Waals surface area contributed by atoms with Gasteiger partial charge in [0.05, 0.1) is 10.7 Å². The number of thiazole rings is 1. The number of benzene rings is 1. The normalized spacial score (nSPS) is 10.5. The number of hydrogen-bond donors (Lipinski definition) is 0. The van der Waals surface area contributed by atoms with E-state index in [1.54, 1.807) is 30.4 Å². The first-order valence-electron chi connectivity index (χ1n) is 5.51. The van der Waals surface area contributed by atoms with Crippen molar-refractivity contribution in [1.82, 2.24) is 4.98 Å². The zero-order chi connectivity index (χ0) is 12.3. The Morgan fingerprint density at radius 2 is 2.24 bits per heavy atom. The lowest BCUT2D eigenvalue weighted by Crippen LogP contribution is -1.97. The third kappa shape index (κ3) is 3.03. The summed E-state index contributed by atoms with van der Waals surface area (Å²) < 4.78 is 18.6. The van der Waals surface area contributed by atoms with Gasteiger partial charge in [-0.1, -0.05) is 6.92 Å². The summed E-state index contributed by atoms with van der Waals surface area (Å²) in [6.45, 7) is 4.23. The Labute approximate surface area is 104 Å². The molecule has 0 spiro atoms. The van der Waals surface area contributed by atoms with E-state index >= 15 is 0 Å². The minimum Gasteiger partial charge on any atom is -0.487 e. The highest BCUT2D eigenvalue weighted by Crippen LogP contribution is 2.18. The third-order valence-corrected chi connectivity index (χ3v) is 3.46. The molecule has 0 unspecified atom stereocenters. The van der Waals surface area contributed by atoms with Crippen LogP contribution in [0.4, 0.5) is 4.39 Å². The van der Waals surface area contributed by atoms with Crippen molar-refractivity contribution in [2.75, 3.05) is 0 Å².